The fourth-order valence-electron chi connectivity index (χ4n) is 0.395. The van der Waals surface area contributed by atoms with Crippen molar-refractivity contribution in [1.29, 1.82) is 0 Å². The van der Waals surface area contributed by atoms with Crippen LogP contribution < -0.4 is 0 Å². The zero-order chi connectivity index (χ0) is 7.28. The maximum absolute atomic E-state index is 11.8. The van der Waals surface area contributed by atoms with Crippen LogP contribution in [-0.4, -0.2) is 0 Å². The average Bonchev–Trinajstić information content (AvgIpc) is 1.63. The highest BCUT2D eigenvalue weighted by atomic mass is 19.1. The van der Waals surface area contributed by atoms with Crippen molar-refractivity contribution in [2.24, 2.45) is 0 Å². The second-order valence-corrected chi connectivity index (χ2v) is 1.63. The monoisotopic (exact) mass is 130 g/mol. The molecule has 9 heavy (non-hydrogen) atoms. The molecule has 0 aromatic carbocycles. The molecule has 0 spiro atoms. The van der Waals surface area contributed by atoms with Crippen molar-refractivity contribution in [2.75, 3.05) is 0 Å². The van der Waals surface area contributed by atoms with Crippen LogP contribution in [0, 0.1) is 0 Å². The van der Waals surface area contributed by atoms with Gasteiger partial charge in [-0.05, 0) is 24.6 Å². The molecular formula is C7H8F2. The lowest BCUT2D eigenvalue weighted by molar-refractivity contribution is 0.670. The summed E-state index contributed by atoms with van der Waals surface area (Å²) in [5.41, 5.74) is 0.505. The van der Waals surface area contributed by atoms with Crippen molar-refractivity contribution < 1.29 is 8.78 Å². The first-order valence-electron chi connectivity index (χ1n) is 2.46. The Morgan fingerprint density at radius 1 is 1.56 bits per heavy atom. The smallest absolute Gasteiger partial charge is 0.116 e. The summed E-state index contributed by atoms with van der Waals surface area (Å²) in [5, 5.41) is 0. The zero-order valence-electron chi connectivity index (χ0n) is 5.20. The Morgan fingerprint density at radius 2 is 2.11 bits per heavy atom. The van der Waals surface area contributed by atoms with Gasteiger partial charge in [0.1, 0.15) is 5.83 Å². The second-order valence-electron chi connectivity index (χ2n) is 1.63. The van der Waals surface area contributed by atoms with Crippen LogP contribution in [0.1, 0.15) is 6.92 Å². The molecule has 0 heterocycles. The van der Waals surface area contributed by atoms with E-state index >= 15 is 0 Å². The van der Waals surface area contributed by atoms with E-state index in [0.717, 1.165) is 12.2 Å². The van der Waals surface area contributed by atoms with Crippen molar-refractivity contribution in [3.63, 3.8) is 0 Å². The molecule has 0 atom stereocenters. The maximum atomic E-state index is 11.8. The van der Waals surface area contributed by atoms with Gasteiger partial charge in [-0.15, -0.1) is 0 Å². The molecule has 0 fully saturated rings. The van der Waals surface area contributed by atoms with Gasteiger partial charge in [0.2, 0.25) is 0 Å². The Balaban J connectivity index is 4.00. The SMILES string of the molecule is C=C(F)/C=C(C)\C=C\F. The molecule has 0 unspecified atom stereocenters. The van der Waals surface area contributed by atoms with Gasteiger partial charge in [-0.1, -0.05) is 6.58 Å². The van der Waals surface area contributed by atoms with E-state index in [-0.39, 0.29) is 0 Å². The number of halogens is 2. The minimum atomic E-state index is -0.564. The first-order valence-corrected chi connectivity index (χ1v) is 2.46. The van der Waals surface area contributed by atoms with Crippen molar-refractivity contribution in [1.82, 2.24) is 0 Å². The molecule has 0 N–H and O–H groups in total. The highest BCUT2D eigenvalue weighted by molar-refractivity contribution is 5.22. The van der Waals surface area contributed by atoms with Crippen LogP contribution in [0.4, 0.5) is 8.78 Å². The van der Waals surface area contributed by atoms with E-state index in [0.29, 0.717) is 11.9 Å². The summed E-state index contributed by atoms with van der Waals surface area (Å²) in [4.78, 5) is 0. The molecule has 0 aliphatic heterocycles. The van der Waals surface area contributed by atoms with E-state index in [4.69, 9.17) is 0 Å². The summed E-state index contributed by atoms with van der Waals surface area (Å²) in [7, 11) is 0. The summed E-state index contributed by atoms with van der Waals surface area (Å²) in [6.07, 6.45) is 2.66. The second kappa shape index (κ2) is 4.01. The Labute approximate surface area is 53.2 Å². The predicted octanol–water partition coefficient (Wildman–Crippen LogP) is 2.90. The molecule has 50 valence electrons. The largest absolute Gasteiger partial charge is 0.216 e. The van der Waals surface area contributed by atoms with Gasteiger partial charge in [-0.25, -0.2) is 8.78 Å². The summed E-state index contributed by atoms with van der Waals surface area (Å²) < 4.78 is 23.2. The van der Waals surface area contributed by atoms with Crippen molar-refractivity contribution in [3.8, 4) is 0 Å². The summed E-state index contributed by atoms with van der Waals surface area (Å²) in [5.74, 6) is -0.564. The zero-order valence-corrected chi connectivity index (χ0v) is 5.20. The van der Waals surface area contributed by atoms with Gasteiger partial charge in [0, 0.05) is 0 Å². The van der Waals surface area contributed by atoms with Crippen LogP contribution in [-0.2, 0) is 0 Å². The number of rotatable bonds is 2. The molecule has 0 amide bonds. The third-order valence-electron chi connectivity index (χ3n) is 0.710. The minimum Gasteiger partial charge on any atom is -0.216 e. The fourth-order valence-corrected chi connectivity index (χ4v) is 0.395. The Hall–Kier alpha value is -0.920. The summed E-state index contributed by atoms with van der Waals surface area (Å²) in [6, 6.07) is 0. The third-order valence-corrected chi connectivity index (χ3v) is 0.710. The van der Waals surface area contributed by atoms with Gasteiger partial charge < -0.3 is 0 Å². The highest BCUT2D eigenvalue weighted by Crippen LogP contribution is 2.01. The van der Waals surface area contributed by atoms with Crippen LogP contribution in [0.25, 0.3) is 0 Å². The Kier molecular flexibility index (Phi) is 3.60. The first kappa shape index (κ1) is 8.08. The van der Waals surface area contributed by atoms with Gasteiger partial charge in [0.15, 0.2) is 0 Å². The van der Waals surface area contributed by atoms with Crippen LogP contribution >= 0.6 is 0 Å². The van der Waals surface area contributed by atoms with E-state index in [2.05, 4.69) is 6.58 Å². The summed E-state index contributed by atoms with van der Waals surface area (Å²) in [6.45, 7) is 4.56. The van der Waals surface area contributed by atoms with E-state index in [1.54, 1.807) is 6.92 Å². The molecule has 0 bridgehead atoms. The van der Waals surface area contributed by atoms with Crippen molar-refractivity contribution >= 4 is 0 Å². The summed E-state index contributed by atoms with van der Waals surface area (Å²) >= 11 is 0. The van der Waals surface area contributed by atoms with Crippen molar-refractivity contribution in [2.45, 2.75) is 6.92 Å². The molecule has 0 rings (SSSR count). The quantitative estimate of drug-likeness (QED) is 0.504. The molecule has 0 aromatic heterocycles. The molecule has 0 aliphatic carbocycles. The van der Waals surface area contributed by atoms with Crippen LogP contribution in [0.2, 0.25) is 0 Å². The van der Waals surface area contributed by atoms with Crippen LogP contribution in [0.5, 0.6) is 0 Å². The number of hydrogen-bond donors (Lipinski definition) is 0. The minimum absolute atomic E-state index is 0.356. The molecule has 0 aliphatic rings. The Morgan fingerprint density at radius 3 is 2.44 bits per heavy atom. The van der Waals surface area contributed by atoms with Gasteiger partial charge in [-0.3, -0.25) is 0 Å². The molecule has 0 nitrogen and oxygen atoms in total. The third kappa shape index (κ3) is 4.94. The molecular weight excluding hydrogens is 122 g/mol. The topological polar surface area (TPSA) is 0 Å². The number of allylic oxidation sites excluding steroid dienone is 4. The normalized spacial score (nSPS) is 12.6. The predicted molar refractivity (Wildman–Crippen MR) is 34.3 cm³/mol. The van der Waals surface area contributed by atoms with Gasteiger partial charge >= 0.3 is 0 Å². The van der Waals surface area contributed by atoms with E-state index in [1.807, 2.05) is 0 Å². The lowest BCUT2D eigenvalue weighted by atomic mass is 10.3. The highest BCUT2D eigenvalue weighted by Gasteiger charge is 1.82. The molecule has 2 heteroatoms. The molecule has 0 radical (unpaired) electrons. The molecule has 0 aromatic rings. The maximum Gasteiger partial charge on any atom is 0.116 e. The first-order chi connectivity index (χ1) is 4.16. The standard InChI is InChI=1S/C7H8F2/c1-6(3-4-8)5-7(2)9/h3-5H,2H2,1H3/b4-3+,6-5-. The molecule has 0 saturated carbocycles. The lowest BCUT2D eigenvalue weighted by Crippen LogP contribution is -1.66. The average molecular weight is 130 g/mol. The number of hydrogen-bond acceptors (Lipinski definition) is 0. The van der Waals surface area contributed by atoms with Gasteiger partial charge in [0.05, 0.1) is 6.33 Å². The van der Waals surface area contributed by atoms with E-state index in [1.165, 1.54) is 0 Å². The van der Waals surface area contributed by atoms with Gasteiger partial charge in [-0.2, -0.15) is 0 Å². The van der Waals surface area contributed by atoms with E-state index in [9.17, 15) is 8.78 Å². The van der Waals surface area contributed by atoms with Crippen molar-refractivity contribution in [3.05, 3.63) is 36.5 Å². The Bertz CT molecular complexity index is 154. The van der Waals surface area contributed by atoms with Crippen LogP contribution in [0.15, 0.2) is 36.5 Å². The van der Waals surface area contributed by atoms with Gasteiger partial charge in [0.25, 0.3) is 0 Å². The molecule has 0 saturated heterocycles. The fraction of sp³-hybridized carbons (Fsp3) is 0.143. The van der Waals surface area contributed by atoms with Crippen LogP contribution in [0.3, 0.4) is 0 Å². The van der Waals surface area contributed by atoms with E-state index < -0.39 is 5.83 Å². The lowest BCUT2D eigenvalue weighted by Gasteiger charge is -1.85.